The van der Waals surface area contributed by atoms with Gasteiger partial charge in [0, 0.05) is 5.56 Å². The molecule has 0 N–H and O–H groups in total. The highest BCUT2D eigenvalue weighted by molar-refractivity contribution is 5.94. The van der Waals surface area contributed by atoms with Gasteiger partial charge in [0.1, 0.15) is 6.42 Å². The molecule has 1 atom stereocenters. The molecule has 0 aromatic heterocycles. The van der Waals surface area contributed by atoms with Crippen LogP contribution in [-0.4, -0.2) is 24.8 Å². The number of carbonyl (C=O) groups is 1. The Labute approximate surface area is 99.0 Å². The molecule has 0 radical (unpaired) electrons. The number of hydrogen-bond acceptors (Lipinski definition) is 5. The summed E-state index contributed by atoms with van der Waals surface area (Å²) in [7, 11) is 0. The number of rotatable bonds is 4. The summed E-state index contributed by atoms with van der Waals surface area (Å²) in [5.74, 6) is 0.0295. The maximum atomic E-state index is 11.2. The van der Waals surface area contributed by atoms with Gasteiger partial charge in [-0.15, -0.1) is 0 Å². The zero-order chi connectivity index (χ0) is 12.1. The van der Waals surface area contributed by atoms with Gasteiger partial charge < -0.3 is 14.3 Å². The molecule has 1 aliphatic heterocycles. The topological polar surface area (TPSA) is 57.1 Å². The fraction of sp³-hybridized carbons (Fsp3) is 0.333. The summed E-state index contributed by atoms with van der Waals surface area (Å²) in [5.41, 5.74) is 0.818. The van der Waals surface area contributed by atoms with Gasteiger partial charge in [-0.05, 0) is 24.2 Å². The Hall–Kier alpha value is -2.04. The summed E-state index contributed by atoms with van der Waals surface area (Å²) in [6.45, 7) is 2.10. The van der Waals surface area contributed by atoms with Crippen LogP contribution in [0.15, 0.2) is 35.5 Å². The SMILES string of the molecule is CCOC(=O)CC1ON=C(c2ccccc2)O1. The summed E-state index contributed by atoms with van der Waals surface area (Å²) in [6.07, 6.45) is -0.655. The number of nitrogens with zero attached hydrogens (tertiary/aromatic N) is 1. The largest absolute Gasteiger partial charge is 0.466 e. The second-order valence-corrected chi connectivity index (χ2v) is 3.42. The fourth-order valence-corrected chi connectivity index (χ4v) is 1.41. The van der Waals surface area contributed by atoms with Crippen LogP contribution < -0.4 is 0 Å². The van der Waals surface area contributed by atoms with Crippen LogP contribution in [0, 0.1) is 0 Å². The highest BCUT2D eigenvalue weighted by Crippen LogP contribution is 2.16. The first-order valence-corrected chi connectivity index (χ1v) is 5.41. The molecule has 1 aromatic carbocycles. The molecule has 0 amide bonds. The molecule has 1 heterocycles. The molecule has 5 heteroatoms. The van der Waals surface area contributed by atoms with E-state index in [-0.39, 0.29) is 12.4 Å². The maximum absolute atomic E-state index is 11.2. The molecule has 0 aliphatic carbocycles. The third-order valence-corrected chi connectivity index (χ3v) is 2.16. The fourth-order valence-electron chi connectivity index (χ4n) is 1.41. The third-order valence-electron chi connectivity index (χ3n) is 2.16. The molecular formula is C12H13NO4. The Morgan fingerprint density at radius 2 is 2.18 bits per heavy atom. The second-order valence-electron chi connectivity index (χ2n) is 3.42. The molecule has 1 unspecified atom stereocenters. The van der Waals surface area contributed by atoms with E-state index in [0.717, 1.165) is 5.56 Å². The molecular weight excluding hydrogens is 222 g/mol. The van der Waals surface area contributed by atoms with E-state index in [9.17, 15) is 4.79 Å². The van der Waals surface area contributed by atoms with Gasteiger partial charge in [-0.3, -0.25) is 4.79 Å². The van der Waals surface area contributed by atoms with Crippen LogP contribution in [-0.2, 0) is 19.1 Å². The van der Waals surface area contributed by atoms with E-state index < -0.39 is 6.29 Å². The van der Waals surface area contributed by atoms with Crippen LogP contribution >= 0.6 is 0 Å². The van der Waals surface area contributed by atoms with Gasteiger partial charge in [0.25, 0.3) is 12.2 Å². The van der Waals surface area contributed by atoms with Crippen LogP contribution in [0.4, 0.5) is 0 Å². The van der Waals surface area contributed by atoms with Crippen molar-refractivity contribution in [3.05, 3.63) is 35.9 Å². The summed E-state index contributed by atoms with van der Waals surface area (Å²) in [6, 6.07) is 9.36. The predicted octanol–water partition coefficient (Wildman–Crippen LogP) is 1.67. The number of esters is 1. The minimum atomic E-state index is -0.691. The minimum absolute atomic E-state index is 0.0354. The van der Waals surface area contributed by atoms with E-state index in [1.807, 2.05) is 30.3 Å². The first-order chi connectivity index (χ1) is 8.29. The zero-order valence-electron chi connectivity index (χ0n) is 9.46. The lowest BCUT2D eigenvalue weighted by atomic mass is 10.2. The lowest BCUT2D eigenvalue weighted by Gasteiger charge is -2.08. The molecule has 17 heavy (non-hydrogen) atoms. The first kappa shape index (κ1) is 11.4. The highest BCUT2D eigenvalue weighted by atomic mass is 16.8. The van der Waals surface area contributed by atoms with Crippen LogP contribution in [0.5, 0.6) is 0 Å². The van der Waals surface area contributed by atoms with Crippen molar-refractivity contribution in [1.29, 1.82) is 0 Å². The summed E-state index contributed by atoms with van der Waals surface area (Å²) >= 11 is 0. The molecule has 5 nitrogen and oxygen atoms in total. The number of ether oxygens (including phenoxy) is 2. The van der Waals surface area contributed by atoms with Crippen molar-refractivity contribution >= 4 is 11.9 Å². The Kier molecular flexibility index (Phi) is 3.59. The quantitative estimate of drug-likeness (QED) is 0.745. The van der Waals surface area contributed by atoms with Crippen molar-refractivity contribution in [3.8, 4) is 0 Å². The predicted molar refractivity (Wildman–Crippen MR) is 60.2 cm³/mol. The van der Waals surface area contributed by atoms with E-state index in [1.165, 1.54) is 0 Å². The Morgan fingerprint density at radius 3 is 2.88 bits per heavy atom. The molecule has 0 spiro atoms. The van der Waals surface area contributed by atoms with Crippen molar-refractivity contribution < 1.29 is 19.1 Å². The molecule has 90 valence electrons. The van der Waals surface area contributed by atoms with Gasteiger partial charge in [0.15, 0.2) is 0 Å². The summed E-state index contributed by atoms with van der Waals surface area (Å²) in [4.78, 5) is 16.2. The van der Waals surface area contributed by atoms with Crippen LogP contribution in [0.3, 0.4) is 0 Å². The smallest absolute Gasteiger partial charge is 0.313 e. The number of benzene rings is 1. The Morgan fingerprint density at radius 1 is 1.41 bits per heavy atom. The molecule has 0 bridgehead atoms. The molecule has 1 aliphatic rings. The van der Waals surface area contributed by atoms with E-state index in [0.29, 0.717) is 12.5 Å². The van der Waals surface area contributed by atoms with Crippen molar-refractivity contribution in [3.63, 3.8) is 0 Å². The van der Waals surface area contributed by atoms with Crippen LogP contribution in [0.25, 0.3) is 0 Å². The molecule has 0 saturated carbocycles. The van der Waals surface area contributed by atoms with Crippen molar-refractivity contribution in [1.82, 2.24) is 0 Å². The highest BCUT2D eigenvalue weighted by Gasteiger charge is 2.26. The first-order valence-electron chi connectivity index (χ1n) is 5.41. The zero-order valence-corrected chi connectivity index (χ0v) is 9.46. The van der Waals surface area contributed by atoms with Crippen molar-refractivity contribution in [2.24, 2.45) is 5.16 Å². The average Bonchev–Trinajstić information content (AvgIpc) is 2.79. The Bertz CT molecular complexity index is 416. The van der Waals surface area contributed by atoms with Crippen molar-refractivity contribution in [2.45, 2.75) is 19.6 Å². The molecule has 0 saturated heterocycles. The number of hydrogen-bond donors (Lipinski definition) is 0. The number of carbonyl (C=O) groups excluding carboxylic acids is 1. The van der Waals surface area contributed by atoms with Crippen LogP contribution in [0.2, 0.25) is 0 Å². The van der Waals surface area contributed by atoms with Crippen LogP contribution in [0.1, 0.15) is 18.9 Å². The van der Waals surface area contributed by atoms with E-state index in [2.05, 4.69) is 5.16 Å². The summed E-state index contributed by atoms with van der Waals surface area (Å²) in [5, 5.41) is 3.79. The third kappa shape index (κ3) is 2.96. The summed E-state index contributed by atoms with van der Waals surface area (Å²) < 4.78 is 10.2. The second kappa shape index (κ2) is 5.34. The molecule has 0 fully saturated rings. The molecule has 2 rings (SSSR count). The van der Waals surface area contributed by atoms with Gasteiger partial charge in [0.2, 0.25) is 0 Å². The standard InChI is InChI=1S/C12H13NO4/c1-2-15-10(14)8-11-16-12(13-17-11)9-6-4-3-5-7-9/h3-7,11H,2,8H2,1H3. The monoisotopic (exact) mass is 235 g/mol. The maximum Gasteiger partial charge on any atom is 0.313 e. The Balaban J connectivity index is 1.89. The van der Waals surface area contributed by atoms with Crippen molar-refractivity contribution in [2.75, 3.05) is 6.61 Å². The average molecular weight is 235 g/mol. The van der Waals surface area contributed by atoms with Gasteiger partial charge in [-0.2, -0.15) is 0 Å². The van der Waals surface area contributed by atoms with Gasteiger partial charge in [-0.1, -0.05) is 18.2 Å². The number of oxime groups is 1. The van der Waals surface area contributed by atoms with E-state index in [1.54, 1.807) is 6.92 Å². The van der Waals surface area contributed by atoms with E-state index in [4.69, 9.17) is 14.3 Å². The lowest BCUT2D eigenvalue weighted by Crippen LogP contribution is -2.18. The van der Waals surface area contributed by atoms with Gasteiger partial charge >= 0.3 is 5.97 Å². The van der Waals surface area contributed by atoms with Gasteiger partial charge in [-0.25, -0.2) is 0 Å². The normalized spacial score (nSPS) is 17.9. The molecule has 1 aromatic rings. The van der Waals surface area contributed by atoms with E-state index >= 15 is 0 Å². The minimum Gasteiger partial charge on any atom is -0.466 e. The van der Waals surface area contributed by atoms with Gasteiger partial charge in [0.05, 0.1) is 6.61 Å². The lowest BCUT2D eigenvalue weighted by molar-refractivity contribution is -0.151.